The molecule has 0 aromatic heterocycles. The predicted molar refractivity (Wildman–Crippen MR) is 88.3 cm³/mol. The van der Waals surface area contributed by atoms with Crippen LogP contribution in [0.4, 0.5) is 5.69 Å². The molecule has 0 amide bonds. The lowest BCUT2D eigenvalue weighted by atomic mass is 9.76. The smallest absolute Gasteiger partial charge is 0.0369 e. The van der Waals surface area contributed by atoms with Crippen LogP contribution < -0.4 is 10.2 Å². The van der Waals surface area contributed by atoms with Crippen molar-refractivity contribution in [3.63, 3.8) is 0 Å². The van der Waals surface area contributed by atoms with Crippen LogP contribution in [0.5, 0.6) is 0 Å². The van der Waals surface area contributed by atoms with E-state index in [9.17, 15) is 0 Å². The molecule has 1 saturated heterocycles. The first kappa shape index (κ1) is 15.4. The molecule has 1 heterocycles. The summed E-state index contributed by atoms with van der Waals surface area (Å²) in [4.78, 5) is 2.51. The Kier molecular flexibility index (Phi) is 4.74. The SMILES string of the molecule is CCCNC(C)c1cccc(N2CC(C(C)(C)C)C2)c1. The Morgan fingerprint density at radius 1 is 1.30 bits per heavy atom. The Labute approximate surface area is 124 Å². The largest absolute Gasteiger partial charge is 0.371 e. The molecule has 2 heteroatoms. The summed E-state index contributed by atoms with van der Waals surface area (Å²) in [6.07, 6.45) is 1.18. The second kappa shape index (κ2) is 6.17. The Morgan fingerprint density at radius 3 is 2.60 bits per heavy atom. The van der Waals surface area contributed by atoms with Crippen molar-refractivity contribution >= 4 is 5.69 Å². The van der Waals surface area contributed by atoms with Crippen LogP contribution in [-0.2, 0) is 0 Å². The topological polar surface area (TPSA) is 15.3 Å². The minimum atomic E-state index is 0.435. The first-order chi connectivity index (χ1) is 9.41. The fourth-order valence-corrected chi connectivity index (χ4v) is 2.71. The molecule has 0 radical (unpaired) electrons. The third kappa shape index (κ3) is 3.54. The van der Waals surface area contributed by atoms with Crippen molar-refractivity contribution in [2.45, 2.75) is 47.1 Å². The van der Waals surface area contributed by atoms with Gasteiger partial charge in [-0.3, -0.25) is 0 Å². The van der Waals surface area contributed by atoms with Gasteiger partial charge in [0.25, 0.3) is 0 Å². The molecule has 1 fully saturated rings. The zero-order valence-electron chi connectivity index (χ0n) is 13.7. The van der Waals surface area contributed by atoms with E-state index < -0.39 is 0 Å². The van der Waals surface area contributed by atoms with Gasteiger partial charge in [0.05, 0.1) is 0 Å². The van der Waals surface area contributed by atoms with Gasteiger partial charge in [0.15, 0.2) is 0 Å². The summed E-state index contributed by atoms with van der Waals surface area (Å²) in [5, 5.41) is 3.57. The number of nitrogens with one attached hydrogen (secondary N) is 1. The predicted octanol–water partition coefficient (Wildman–Crippen LogP) is 4.23. The summed E-state index contributed by atoms with van der Waals surface area (Å²) in [6.45, 7) is 15.0. The maximum Gasteiger partial charge on any atom is 0.0369 e. The van der Waals surface area contributed by atoms with Crippen LogP contribution in [0, 0.1) is 11.3 Å². The van der Waals surface area contributed by atoms with Crippen LogP contribution in [-0.4, -0.2) is 19.6 Å². The molecule has 1 unspecified atom stereocenters. The fourth-order valence-electron chi connectivity index (χ4n) is 2.71. The second-order valence-corrected chi connectivity index (χ2v) is 7.24. The molecule has 0 aliphatic carbocycles. The fraction of sp³-hybridized carbons (Fsp3) is 0.667. The molecule has 0 spiro atoms. The number of anilines is 1. The molecule has 0 bridgehead atoms. The Hall–Kier alpha value is -1.02. The third-order valence-corrected chi connectivity index (χ3v) is 4.54. The monoisotopic (exact) mass is 274 g/mol. The van der Waals surface area contributed by atoms with E-state index in [0.717, 1.165) is 12.5 Å². The molecular formula is C18H30N2. The summed E-state index contributed by atoms with van der Waals surface area (Å²) in [6, 6.07) is 9.47. The highest BCUT2D eigenvalue weighted by Gasteiger charge is 2.35. The molecule has 1 atom stereocenters. The van der Waals surface area contributed by atoms with Crippen molar-refractivity contribution in [3.05, 3.63) is 29.8 Å². The Balaban J connectivity index is 1.98. The molecule has 1 aromatic carbocycles. The number of nitrogens with zero attached hydrogens (tertiary/aromatic N) is 1. The molecular weight excluding hydrogens is 244 g/mol. The lowest BCUT2D eigenvalue weighted by Gasteiger charge is -2.47. The van der Waals surface area contributed by atoms with Crippen molar-refractivity contribution < 1.29 is 0 Å². The average Bonchev–Trinajstić information content (AvgIpc) is 2.32. The van der Waals surface area contributed by atoms with Crippen LogP contribution in [0.25, 0.3) is 0 Å². The van der Waals surface area contributed by atoms with Gasteiger partial charge in [-0.05, 0) is 48.9 Å². The zero-order valence-corrected chi connectivity index (χ0v) is 13.7. The van der Waals surface area contributed by atoms with Gasteiger partial charge in [-0.1, -0.05) is 39.8 Å². The molecule has 112 valence electrons. The average molecular weight is 274 g/mol. The van der Waals surface area contributed by atoms with E-state index in [1.54, 1.807) is 0 Å². The van der Waals surface area contributed by atoms with E-state index >= 15 is 0 Å². The first-order valence-electron chi connectivity index (χ1n) is 8.00. The van der Waals surface area contributed by atoms with Crippen molar-refractivity contribution in [2.75, 3.05) is 24.5 Å². The number of hydrogen-bond donors (Lipinski definition) is 1. The van der Waals surface area contributed by atoms with Crippen LogP contribution in [0.1, 0.15) is 52.6 Å². The van der Waals surface area contributed by atoms with Crippen molar-refractivity contribution in [1.82, 2.24) is 5.32 Å². The van der Waals surface area contributed by atoms with E-state index in [-0.39, 0.29) is 0 Å². The van der Waals surface area contributed by atoms with E-state index in [0.29, 0.717) is 11.5 Å². The third-order valence-electron chi connectivity index (χ3n) is 4.54. The minimum Gasteiger partial charge on any atom is -0.371 e. The Morgan fingerprint density at radius 2 is 2.00 bits per heavy atom. The number of hydrogen-bond acceptors (Lipinski definition) is 2. The highest BCUT2D eigenvalue weighted by molar-refractivity contribution is 5.51. The molecule has 1 aliphatic rings. The van der Waals surface area contributed by atoms with E-state index in [4.69, 9.17) is 0 Å². The van der Waals surface area contributed by atoms with Crippen LogP contribution >= 0.6 is 0 Å². The summed E-state index contributed by atoms with van der Waals surface area (Å²) in [5.74, 6) is 0.821. The summed E-state index contributed by atoms with van der Waals surface area (Å²) in [5.41, 5.74) is 3.22. The van der Waals surface area contributed by atoms with Gasteiger partial charge in [-0.2, -0.15) is 0 Å². The molecule has 1 aliphatic heterocycles. The summed E-state index contributed by atoms with van der Waals surface area (Å²) < 4.78 is 0. The summed E-state index contributed by atoms with van der Waals surface area (Å²) >= 11 is 0. The van der Waals surface area contributed by atoms with Crippen molar-refractivity contribution in [2.24, 2.45) is 11.3 Å². The maximum atomic E-state index is 3.57. The van der Waals surface area contributed by atoms with Gasteiger partial charge in [0.1, 0.15) is 0 Å². The zero-order chi connectivity index (χ0) is 14.8. The lowest BCUT2D eigenvalue weighted by molar-refractivity contribution is 0.195. The number of rotatable bonds is 5. The molecule has 1 N–H and O–H groups in total. The van der Waals surface area contributed by atoms with Gasteiger partial charge in [0.2, 0.25) is 0 Å². The first-order valence-corrected chi connectivity index (χ1v) is 8.00. The minimum absolute atomic E-state index is 0.435. The molecule has 20 heavy (non-hydrogen) atoms. The second-order valence-electron chi connectivity index (χ2n) is 7.24. The Bertz CT molecular complexity index is 427. The van der Waals surface area contributed by atoms with Crippen molar-refractivity contribution in [1.29, 1.82) is 0 Å². The van der Waals surface area contributed by atoms with Crippen LogP contribution in [0.15, 0.2) is 24.3 Å². The molecule has 0 saturated carbocycles. The number of benzene rings is 1. The summed E-state index contributed by atoms with van der Waals surface area (Å²) in [7, 11) is 0. The van der Waals surface area contributed by atoms with Crippen LogP contribution in [0.3, 0.4) is 0 Å². The highest BCUT2D eigenvalue weighted by atomic mass is 15.2. The van der Waals surface area contributed by atoms with Crippen LogP contribution in [0.2, 0.25) is 0 Å². The van der Waals surface area contributed by atoms with E-state index in [1.165, 1.54) is 30.8 Å². The van der Waals surface area contributed by atoms with E-state index in [1.807, 2.05) is 0 Å². The molecule has 2 nitrogen and oxygen atoms in total. The van der Waals surface area contributed by atoms with Gasteiger partial charge in [0, 0.05) is 24.8 Å². The maximum absolute atomic E-state index is 3.57. The van der Waals surface area contributed by atoms with Gasteiger partial charge in [-0.25, -0.2) is 0 Å². The van der Waals surface area contributed by atoms with Gasteiger partial charge in [-0.15, -0.1) is 0 Å². The highest BCUT2D eigenvalue weighted by Crippen LogP contribution is 2.36. The van der Waals surface area contributed by atoms with E-state index in [2.05, 4.69) is 69.1 Å². The quantitative estimate of drug-likeness (QED) is 0.864. The van der Waals surface area contributed by atoms with Gasteiger partial charge < -0.3 is 10.2 Å². The lowest BCUT2D eigenvalue weighted by Crippen LogP contribution is -2.52. The normalized spacial score (nSPS) is 17.9. The van der Waals surface area contributed by atoms with Crippen molar-refractivity contribution in [3.8, 4) is 0 Å². The molecule has 2 rings (SSSR count). The van der Waals surface area contributed by atoms with Gasteiger partial charge >= 0.3 is 0 Å². The molecule has 1 aromatic rings. The standard InChI is InChI=1S/C18H30N2/c1-6-10-19-14(2)15-8-7-9-17(11-15)20-12-16(13-20)18(3,4)5/h7-9,11,14,16,19H,6,10,12-13H2,1-5H3.